The van der Waals surface area contributed by atoms with Crippen molar-refractivity contribution in [1.82, 2.24) is 5.32 Å². The number of ether oxygens (including phenoxy) is 1. The van der Waals surface area contributed by atoms with Gasteiger partial charge >= 0.3 is 0 Å². The van der Waals surface area contributed by atoms with E-state index in [0.29, 0.717) is 16.8 Å². The van der Waals surface area contributed by atoms with Gasteiger partial charge in [-0.15, -0.1) is 0 Å². The van der Waals surface area contributed by atoms with Gasteiger partial charge in [-0.05, 0) is 31.9 Å². The molecule has 1 atom stereocenters. The van der Waals surface area contributed by atoms with E-state index in [2.05, 4.69) is 5.32 Å². The van der Waals surface area contributed by atoms with Crippen molar-refractivity contribution in [1.29, 1.82) is 0 Å². The second-order valence-corrected chi connectivity index (χ2v) is 5.79. The van der Waals surface area contributed by atoms with Gasteiger partial charge in [-0.2, -0.15) is 0 Å². The second-order valence-electron chi connectivity index (χ2n) is 5.39. The van der Waals surface area contributed by atoms with Crippen LogP contribution in [-0.4, -0.2) is 18.1 Å². The van der Waals surface area contributed by atoms with Gasteiger partial charge in [-0.3, -0.25) is 4.79 Å². The highest BCUT2D eigenvalue weighted by atomic mass is 35.5. The summed E-state index contributed by atoms with van der Waals surface area (Å²) in [4.78, 5) is 12.2. The van der Waals surface area contributed by atoms with Crippen molar-refractivity contribution < 1.29 is 9.53 Å². The highest BCUT2D eigenvalue weighted by molar-refractivity contribution is 6.32. The summed E-state index contributed by atoms with van der Waals surface area (Å²) in [7, 11) is 0. The molecule has 0 saturated heterocycles. The molecule has 0 aliphatic heterocycles. The molecular weight excluding hydrogens is 274 g/mol. The first-order valence-corrected chi connectivity index (χ1v) is 7.76. The van der Waals surface area contributed by atoms with Crippen LogP contribution in [0, 0.1) is 0 Å². The molecule has 1 fully saturated rings. The van der Waals surface area contributed by atoms with Crippen molar-refractivity contribution >= 4 is 17.5 Å². The maximum atomic E-state index is 12.2. The Labute approximate surface area is 125 Å². The van der Waals surface area contributed by atoms with E-state index >= 15 is 0 Å². The molecule has 110 valence electrons. The summed E-state index contributed by atoms with van der Waals surface area (Å²) >= 11 is 6.03. The summed E-state index contributed by atoms with van der Waals surface area (Å²) in [5.74, 6) is 0.495. The van der Waals surface area contributed by atoms with E-state index < -0.39 is 6.10 Å². The van der Waals surface area contributed by atoms with Crippen LogP contribution in [0.2, 0.25) is 5.02 Å². The lowest BCUT2D eigenvalue weighted by Gasteiger charge is -2.20. The van der Waals surface area contributed by atoms with Crippen LogP contribution in [0.15, 0.2) is 24.3 Å². The lowest BCUT2D eigenvalue weighted by Crippen LogP contribution is -2.42. The van der Waals surface area contributed by atoms with Crippen molar-refractivity contribution in [2.24, 2.45) is 0 Å². The van der Waals surface area contributed by atoms with Crippen molar-refractivity contribution in [3.05, 3.63) is 29.3 Å². The quantitative estimate of drug-likeness (QED) is 0.854. The summed E-state index contributed by atoms with van der Waals surface area (Å²) in [6.07, 6.45) is 6.57. The topological polar surface area (TPSA) is 38.3 Å². The summed E-state index contributed by atoms with van der Waals surface area (Å²) in [6, 6.07) is 7.51. The van der Waals surface area contributed by atoms with Gasteiger partial charge in [0.25, 0.3) is 5.91 Å². The Morgan fingerprint density at radius 1 is 1.25 bits per heavy atom. The van der Waals surface area contributed by atoms with E-state index in [-0.39, 0.29) is 5.91 Å². The smallest absolute Gasteiger partial charge is 0.260 e. The monoisotopic (exact) mass is 295 g/mol. The number of amides is 1. The van der Waals surface area contributed by atoms with E-state index in [4.69, 9.17) is 16.3 Å². The maximum absolute atomic E-state index is 12.2. The van der Waals surface area contributed by atoms with Gasteiger partial charge in [0.2, 0.25) is 0 Å². The predicted molar refractivity (Wildman–Crippen MR) is 81.2 cm³/mol. The van der Waals surface area contributed by atoms with Crippen LogP contribution in [0.25, 0.3) is 0 Å². The van der Waals surface area contributed by atoms with Crippen LogP contribution in [-0.2, 0) is 4.79 Å². The van der Waals surface area contributed by atoms with Crippen LogP contribution in [0.4, 0.5) is 0 Å². The third kappa shape index (κ3) is 4.41. The highest BCUT2D eigenvalue weighted by Crippen LogP contribution is 2.24. The Balaban J connectivity index is 1.87. The van der Waals surface area contributed by atoms with Gasteiger partial charge in [0.15, 0.2) is 6.10 Å². The standard InChI is InChI=1S/C16H22ClNO2/c1-12(20-15-11-7-6-10-14(15)17)16(19)18-13-8-4-2-3-5-9-13/h6-7,10-13H,2-5,8-9H2,1H3,(H,18,19)/t12-/m1/s1. The zero-order valence-corrected chi connectivity index (χ0v) is 12.7. The van der Waals surface area contributed by atoms with E-state index in [1.165, 1.54) is 25.7 Å². The molecule has 2 rings (SSSR count). The summed E-state index contributed by atoms with van der Waals surface area (Å²) < 4.78 is 5.64. The van der Waals surface area contributed by atoms with Gasteiger partial charge in [0.1, 0.15) is 5.75 Å². The number of benzene rings is 1. The molecule has 20 heavy (non-hydrogen) atoms. The minimum atomic E-state index is -0.529. The van der Waals surface area contributed by atoms with Crippen LogP contribution in [0.1, 0.15) is 45.4 Å². The Morgan fingerprint density at radius 3 is 2.55 bits per heavy atom. The number of halogens is 1. The fourth-order valence-corrected chi connectivity index (χ4v) is 2.71. The van der Waals surface area contributed by atoms with Gasteiger partial charge in [0.05, 0.1) is 5.02 Å². The Morgan fingerprint density at radius 2 is 1.90 bits per heavy atom. The highest BCUT2D eigenvalue weighted by Gasteiger charge is 2.20. The normalized spacial score (nSPS) is 18.1. The number of carbonyl (C=O) groups is 1. The molecule has 0 bridgehead atoms. The molecule has 0 aromatic heterocycles. The number of carbonyl (C=O) groups excluding carboxylic acids is 1. The minimum Gasteiger partial charge on any atom is -0.479 e. The van der Waals surface area contributed by atoms with Crippen LogP contribution in [0.5, 0.6) is 5.75 Å². The number of nitrogens with one attached hydrogen (secondary N) is 1. The molecule has 3 nitrogen and oxygen atoms in total. The van der Waals surface area contributed by atoms with Gasteiger partial charge in [0, 0.05) is 6.04 Å². The number of hydrogen-bond donors (Lipinski definition) is 1. The minimum absolute atomic E-state index is 0.0585. The lowest BCUT2D eigenvalue weighted by molar-refractivity contribution is -0.128. The zero-order valence-electron chi connectivity index (χ0n) is 11.9. The van der Waals surface area contributed by atoms with Gasteiger partial charge in [-0.1, -0.05) is 49.4 Å². The summed E-state index contributed by atoms with van der Waals surface area (Å²) in [5.41, 5.74) is 0. The molecule has 0 unspecified atom stereocenters. The van der Waals surface area contributed by atoms with E-state index in [1.54, 1.807) is 19.1 Å². The number of rotatable bonds is 4. The fourth-order valence-electron chi connectivity index (χ4n) is 2.53. The molecule has 1 aliphatic carbocycles. The third-order valence-corrected chi connectivity index (χ3v) is 4.02. The molecule has 0 spiro atoms. The Hall–Kier alpha value is -1.22. The first kappa shape index (κ1) is 15.2. The molecule has 0 radical (unpaired) electrons. The summed E-state index contributed by atoms with van der Waals surface area (Å²) in [6.45, 7) is 1.76. The molecule has 1 N–H and O–H groups in total. The van der Waals surface area contributed by atoms with Crippen LogP contribution < -0.4 is 10.1 Å². The molecule has 0 heterocycles. The first-order valence-electron chi connectivity index (χ1n) is 7.38. The average molecular weight is 296 g/mol. The van der Waals surface area contributed by atoms with Crippen molar-refractivity contribution in [3.63, 3.8) is 0 Å². The Bertz CT molecular complexity index is 442. The second kappa shape index (κ2) is 7.53. The van der Waals surface area contributed by atoms with Crippen molar-refractivity contribution in [2.45, 2.75) is 57.6 Å². The molecule has 1 amide bonds. The van der Waals surface area contributed by atoms with Gasteiger partial charge in [-0.25, -0.2) is 0 Å². The molecule has 1 aromatic carbocycles. The SMILES string of the molecule is C[C@@H](Oc1ccccc1Cl)C(=O)NC1CCCCCC1. The molecule has 1 aromatic rings. The lowest BCUT2D eigenvalue weighted by atomic mass is 10.1. The van der Waals surface area contributed by atoms with E-state index in [9.17, 15) is 4.79 Å². The van der Waals surface area contributed by atoms with E-state index in [1.807, 2.05) is 12.1 Å². The maximum Gasteiger partial charge on any atom is 0.260 e. The molecular formula is C16H22ClNO2. The first-order chi connectivity index (χ1) is 9.66. The van der Waals surface area contributed by atoms with Crippen molar-refractivity contribution in [2.75, 3.05) is 0 Å². The zero-order chi connectivity index (χ0) is 14.4. The number of para-hydroxylation sites is 1. The largest absolute Gasteiger partial charge is 0.479 e. The predicted octanol–water partition coefficient (Wildman–Crippen LogP) is 3.95. The van der Waals surface area contributed by atoms with E-state index in [0.717, 1.165) is 12.8 Å². The fraction of sp³-hybridized carbons (Fsp3) is 0.562. The number of hydrogen-bond acceptors (Lipinski definition) is 2. The average Bonchev–Trinajstić information content (AvgIpc) is 2.70. The molecule has 4 heteroatoms. The van der Waals surface area contributed by atoms with Crippen LogP contribution >= 0.6 is 11.6 Å². The van der Waals surface area contributed by atoms with Crippen LogP contribution in [0.3, 0.4) is 0 Å². The molecule has 1 aliphatic rings. The molecule has 1 saturated carbocycles. The Kier molecular flexibility index (Phi) is 5.72. The van der Waals surface area contributed by atoms with Crippen molar-refractivity contribution in [3.8, 4) is 5.75 Å². The third-order valence-electron chi connectivity index (χ3n) is 3.71. The summed E-state index contributed by atoms with van der Waals surface area (Å²) in [5, 5.41) is 3.62. The van der Waals surface area contributed by atoms with Gasteiger partial charge < -0.3 is 10.1 Å².